The van der Waals surface area contributed by atoms with Crippen molar-refractivity contribution in [1.29, 1.82) is 0 Å². The molecule has 0 aliphatic carbocycles. The topological polar surface area (TPSA) is 72.9 Å². The van der Waals surface area contributed by atoms with Crippen molar-refractivity contribution in [2.45, 2.75) is 20.4 Å². The Morgan fingerprint density at radius 2 is 2.40 bits per heavy atom. The van der Waals surface area contributed by atoms with Crippen LogP contribution in [0.5, 0.6) is 0 Å². The maximum Gasteiger partial charge on any atom is 0.272 e. The van der Waals surface area contributed by atoms with Crippen LogP contribution in [0.2, 0.25) is 0 Å². The molecule has 1 aromatic rings. The van der Waals surface area contributed by atoms with E-state index in [1.54, 1.807) is 11.6 Å². The number of rotatable bonds is 3. The maximum absolute atomic E-state index is 11.7. The van der Waals surface area contributed by atoms with E-state index < -0.39 is 0 Å². The molecule has 15 heavy (non-hydrogen) atoms. The molecule has 0 saturated carbocycles. The predicted octanol–water partition coefficient (Wildman–Crippen LogP) is 0.157. The van der Waals surface area contributed by atoms with Crippen LogP contribution in [0.15, 0.2) is 0 Å². The first kappa shape index (κ1) is 11.1. The van der Waals surface area contributed by atoms with Crippen LogP contribution in [0.25, 0.3) is 0 Å². The predicted molar refractivity (Wildman–Crippen MR) is 58.2 cm³/mol. The number of aryl methyl sites for hydroxylation is 2. The Labute approximate surface area is 88.6 Å². The number of nitrogens with zero attached hydrogens (tertiary/aromatic N) is 2. The molecule has 0 spiro atoms. The first-order valence-electron chi connectivity index (χ1n) is 4.66. The van der Waals surface area contributed by atoms with Crippen molar-refractivity contribution in [1.82, 2.24) is 15.1 Å². The van der Waals surface area contributed by atoms with Gasteiger partial charge < -0.3 is 11.1 Å². The van der Waals surface area contributed by atoms with Gasteiger partial charge in [-0.1, -0.05) is 5.92 Å². The Bertz CT molecular complexity index is 414. The van der Waals surface area contributed by atoms with E-state index in [9.17, 15) is 4.79 Å². The second-order valence-electron chi connectivity index (χ2n) is 3.05. The summed E-state index contributed by atoms with van der Waals surface area (Å²) in [5, 5.41) is 6.70. The van der Waals surface area contributed by atoms with Crippen LogP contribution in [0.3, 0.4) is 0 Å². The summed E-state index contributed by atoms with van der Waals surface area (Å²) < 4.78 is 1.57. The van der Waals surface area contributed by atoms with E-state index in [1.165, 1.54) is 0 Å². The molecule has 0 aromatic carbocycles. The number of carbonyl (C=O) groups is 1. The number of carbonyl (C=O) groups excluding carboxylic acids is 1. The molecule has 0 bridgehead atoms. The minimum atomic E-state index is -0.284. The van der Waals surface area contributed by atoms with E-state index >= 15 is 0 Å². The normalized spacial score (nSPS) is 9.67. The SMILES string of the molecule is C#CCNC(=O)c1c(N)c(C)nn1CC. The fourth-order valence-electron chi connectivity index (χ4n) is 1.28. The van der Waals surface area contributed by atoms with Crippen LogP contribution in [-0.2, 0) is 6.54 Å². The Morgan fingerprint density at radius 3 is 2.93 bits per heavy atom. The second kappa shape index (κ2) is 4.51. The highest BCUT2D eigenvalue weighted by molar-refractivity contribution is 5.98. The molecular weight excluding hydrogens is 192 g/mol. The molecule has 1 heterocycles. The zero-order chi connectivity index (χ0) is 11.4. The van der Waals surface area contributed by atoms with Crippen LogP contribution >= 0.6 is 0 Å². The fraction of sp³-hybridized carbons (Fsp3) is 0.400. The highest BCUT2D eigenvalue weighted by Gasteiger charge is 2.18. The lowest BCUT2D eigenvalue weighted by Crippen LogP contribution is -2.27. The first-order chi connectivity index (χ1) is 7.11. The molecule has 80 valence electrons. The van der Waals surface area contributed by atoms with Gasteiger partial charge in [0.25, 0.3) is 5.91 Å². The van der Waals surface area contributed by atoms with Crippen molar-refractivity contribution >= 4 is 11.6 Å². The third kappa shape index (κ3) is 2.10. The molecule has 0 fully saturated rings. The number of nitrogens with one attached hydrogen (secondary N) is 1. The van der Waals surface area contributed by atoms with Gasteiger partial charge in [-0.15, -0.1) is 6.42 Å². The van der Waals surface area contributed by atoms with Crippen LogP contribution in [0, 0.1) is 19.3 Å². The lowest BCUT2D eigenvalue weighted by molar-refractivity contribution is 0.0949. The third-order valence-corrected chi connectivity index (χ3v) is 2.04. The van der Waals surface area contributed by atoms with Gasteiger partial charge in [-0.05, 0) is 13.8 Å². The summed E-state index contributed by atoms with van der Waals surface area (Å²) in [4.78, 5) is 11.7. The van der Waals surface area contributed by atoms with E-state index in [0.29, 0.717) is 23.6 Å². The lowest BCUT2D eigenvalue weighted by Gasteiger charge is -2.04. The summed E-state index contributed by atoms with van der Waals surface area (Å²) in [5.74, 6) is 2.05. The van der Waals surface area contributed by atoms with Crippen molar-refractivity contribution in [2.24, 2.45) is 0 Å². The van der Waals surface area contributed by atoms with Crippen molar-refractivity contribution < 1.29 is 4.79 Å². The number of nitrogens with two attached hydrogens (primary N) is 1. The summed E-state index contributed by atoms with van der Waals surface area (Å²) in [6, 6.07) is 0. The molecule has 0 radical (unpaired) electrons. The van der Waals surface area contributed by atoms with Crippen molar-refractivity contribution in [3.63, 3.8) is 0 Å². The zero-order valence-electron chi connectivity index (χ0n) is 8.87. The monoisotopic (exact) mass is 206 g/mol. The second-order valence-corrected chi connectivity index (χ2v) is 3.05. The van der Waals surface area contributed by atoms with E-state index in [2.05, 4.69) is 16.3 Å². The fourth-order valence-corrected chi connectivity index (χ4v) is 1.28. The van der Waals surface area contributed by atoms with Gasteiger partial charge >= 0.3 is 0 Å². The highest BCUT2D eigenvalue weighted by Crippen LogP contribution is 2.15. The molecule has 1 aromatic heterocycles. The van der Waals surface area contributed by atoms with Gasteiger partial charge in [-0.3, -0.25) is 9.48 Å². The number of hydrogen-bond acceptors (Lipinski definition) is 3. The molecule has 0 unspecified atom stereocenters. The molecule has 0 saturated heterocycles. The van der Waals surface area contributed by atoms with E-state index in [4.69, 9.17) is 12.2 Å². The van der Waals surface area contributed by atoms with Gasteiger partial charge in [0.05, 0.1) is 17.9 Å². The highest BCUT2D eigenvalue weighted by atomic mass is 16.2. The van der Waals surface area contributed by atoms with Crippen LogP contribution in [0.4, 0.5) is 5.69 Å². The number of amides is 1. The molecule has 0 aliphatic heterocycles. The van der Waals surface area contributed by atoms with Crippen LogP contribution in [-0.4, -0.2) is 22.2 Å². The molecule has 5 heteroatoms. The average Bonchev–Trinajstić information content (AvgIpc) is 2.51. The zero-order valence-corrected chi connectivity index (χ0v) is 8.87. The number of hydrogen-bond donors (Lipinski definition) is 2. The quantitative estimate of drug-likeness (QED) is 0.692. The molecular formula is C10H14N4O. The lowest BCUT2D eigenvalue weighted by atomic mass is 10.3. The number of nitrogen functional groups attached to an aromatic ring is 1. The maximum atomic E-state index is 11.7. The Kier molecular flexibility index (Phi) is 3.34. The Balaban J connectivity index is 3.02. The van der Waals surface area contributed by atoms with Crippen molar-refractivity contribution in [2.75, 3.05) is 12.3 Å². The van der Waals surface area contributed by atoms with Gasteiger partial charge in [-0.25, -0.2) is 0 Å². The Hall–Kier alpha value is -1.96. The molecule has 3 N–H and O–H groups in total. The van der Waals surface area contributed by atoms with Gasteiger partial charge in [-0.2, -0.15) is 5.10 Å². The molecule has 1 rings (SSSR count). The standard InChI is InChI=1S/C10H14N4O/c1-4-6-12-10(15)9-8(11)7(3)13-14(9)5-2/h1H,5-6,11H2,2-3H3,(H,12,15). The molecule has 0 atom stereocenters. The molecule has 5 nitrogen and oxygen atoms in total. The van der Waals surface area contributed by atoms with E-state index in [1.807, 2.05) is 6.92 Å². The molecule has 1 amide bonds. The number of anilines is 1. The third-order valence-electron chi connectivity index (χ3n) is 2.04. The first-order valence-corrected chi connectivity index (χ1v) is 4.66. The minimum absolute atomic E-state index is 0.187. The van der Waals surface area contributed by atoms with Crippen LogP contribution in [0.1, 0.15) is 23.1 Å². The summed E-state index contributed by atoms with van der Waals surface area (Å²) in [6.07, 6.45) is 5.05. The number of terminal acetylenes is 1. The summed E-state index contributed by atoms with van der Waals surface area (Å²) >= 11 is 0. The summed E-state index contributed by atoms with van der Waals surface area (Å²) in [5.41, 5.74) is 7.20. The van der Waals surface area contributed by atoms with E-state index in [0.717, 1.165) is 0 Å². The summed E-state index contributed by atoms with van der Waals surface area (Å²) in [6.45, 7) is 4.44. The van der Waals surface area contributed by atoms with Gasteiger partial charge in [0.2, 0.25) is 0 Å². The van der Waals surface area contributed by atoms with Crippen molar-refractivity contribution in [3.05, 3.63) is 11.4 Å². The van der Waals surface area contributed by atoms with Gasteiger partial charge in [0.15, 0.2) is 0 Å². The smallest absolute Gasteiger partial charge is 0.272 e. The largest absolute Gasteiger partial charge is 0.395 e. The van der Waals surface area contributed by atoms with Gasteiger partial charge in [0.1, 0.15) is 5.69 Å². The summed E-state index contributed by atoms with van der Waals surface area (Å²) in [7, 11) is 0. The Morgan fingerprint density at radius 1 is 1.73 bits per heavy atom. The van der Waals surface area contributed by atoms with Gasteiger partial charge in [0, 0.05) is 6.54 Å². The molecule has 0 aliphatic rings. The minimum Gasteiger partial charge on any atom is -0.395 e. The van der Waals surface area contributed by atoms with E-state index in [-0.39, 0.29) is 12.5 Å². The average molecular weight is 206 g/mol. The van der Waals surface area contributed by atoms with Crippen LogP contribution < -0.4 is 11.1 Å². The number of aromatic nitrogens is 2. The van der Waals surface area contributed by atoms with Crippen molar-refractivity contribution in [3.8, 4) is 12.3 Å².